The van der Waals surface area contributed by atoms with Crippen LogP contribution in [-0.4, -0.2) is 11.1 Å². The van der Waals surface area contributed by atoms with Crippen molar-refractivity contribution in [2.24, 2.45) is 5.73 Å². The fourth-order valence-electron chi connectivity index (χ4n) is 2.11. The van der Waals surface area contributed by atoms with Crippen LogP contribution in [0.5, 0.6) is 0 Å². The molecule has 1 aromatic rings. The van der Waals surface area contributed by atoms with Crippen molar-refractivity contribution in [1.82, 2.24) is 0 Å². The van der Waals surface area contributed by atoms with Gasteiger partial charge in [0, 0.05) is 5.70 Å². The second-order valence-corrected chi connectivity index (χ2v) is 4.58. The molecule has 3 N–H and O–H groups in total. The molecule has 0 saturated carbocycles. The van der Waals surface area contributed by atoms with E-state index in [9.17, 15) is 9.90 Å². The molecule has 0 heterocycles. The monoisotopic (exact) mass is 247 g/mol. The molecule has 0 amide bonds. The molecule has 1 rings (SSSR count). The minimum absolute atomic E-state index is 0.263. The number of carboxylic acid groups (broad SMARTS) is 1. The topological polar surface area (TPSA) is 63.3 Å². The van der Waals surface area contributed by atoms with Gasteiger partial charge in [-0.1, -0.05) is 31.5 Å². The van der Waals surface area contributed by atoms with E-state index in [4.69, 9.17) is 5.73 Å². The number of hydrogen-bond acceptors (Lipinski definition) is 2. The van der Waals surface area contributed by atoms with Crippen LogP contribution in [0.1, 0.15) is 42.9 Å². The van der Waals surface area contributed by atoms with Gasteiger partial charge in [0.1, 0.15) is 0 Å². The van der Waals surface area contributed by atoms with Crippen LogP contribution in [-0.2, 0) is 4.79 Å². The zero-order valence-electron chi connectivity index (χ0n) is 11.3. The van der Waals surface area contributed by atoms with E-state index in [0.29, 0.717) is 12.1 Å². The zero-order chi connectivity index (χ0) is 13.7. The number of allylic oxidation sites excluding steroid dienone is 1. The van der Waals surface area contributed by atoms with Crippen LogP contribution in [0.25, 0.3) is 5.57 Å². The Morgan fingerprint density at radius 1 is 1.28 bits per heavy atom. The lowest BCUT2D eigenvalue weighted by Gasteiger charge is -2.13. The predicted molar refractivity (Wildman–Crippen MR) is 74.2 cm³/mol. The summed E-state index contributed by atoms with van der Waals surface area (Å²) < 4.78 is 0. The van der Waals surface area contributed by atoms with Crippen LogP contribution >= 0.6 is 0 Å². The van der Waals surface area contributed by atoms with Gasteiger partial charge in [-0.3, -0.25) is 0 Å². The first-order valence-corrected chi connectivity index (χ1v) is 6.27. The smallest absolute Gasteiger partial charge is 0.338 e. The van der Waals surface area contributed by atoms with Crippen LogP contribution in [0.3, 0.4) is 0 Å². The van der Waals surface area contributed by atoms with Gasteiger partial charge in [0.2, 0.25) is 0 Å². The van der Waals surface area contributed by atoms with Gasteiger partial charge >= 0.3 is 5.97 Å². The van der Waals surface area contributed by atoms with Gasteiger partial charge in [-0.05, 0) is 43.4 Å². The maximum atomic E-state index is 11.5. The third-order valence-corrected chi connectivity index (χ3v) is 3.07. The Morgan fingerprint density at radius 2 is 1.83 bits per heavy atom. The maximum absolute atomic E-state index is 11.5. The van der Waals surface area contributed by atoms with Crippen LogP contribution in [0.2, 0.25) is 0 Å². The van der Waals surface area contributed by atoms with Crippen molar-refractivity contribution in [3.8, 4) is 0 Å². The molecular weight excluding hydrogens is 226 g/mol. The molecule has 0 fully saturated rings. The highest BCUT2D eigenvalue weighted by Gasteiger charge is 2.18. The number of carboxylic acids is 1. The minimum Gasteiger partial charge on any atom is -0.478 e. The first-order chi connectivity index (χ1) is 8.49. The summed E-state index contributed by atoms with van der Waals surface area (Å²) in [6, 6.07) is 5.76. The third-order valence-electron chi connectivity index (χ3n) is 3.07. The van der Waals surface area contributed by atoms with Crippen LogP contribution in [0.4, 0.5) is 0 Å². The summed E-state index contributed by atoms with van der Waals surface area (Å²) in [6.45, 7) is 5.89. The van der Waals surface area contributed by atoms with Gasteiger partial charge in [-0.15, -0.1) is 0 Å². The molecule has 0 spiro atoms. The second kappa shape index (κ2) is 6.24. The predicted octanol–water partition coefficient (Wildman–Crippen LogP) is 3.25. The number of unbranched alkanes of at least 4 members (excludes halogenated alkanes) is 1. The molecule has 0 aliphatic rings. The molecule has 0 radical (unpaired) electrons. The molecule has 0 aliphatic carbocycles. The Hall–Kier alpha value is -1.77. The molecule has 0 bridgehead atoms. The number of benzene rings is 1. The van der Waals surface area contributed by atoms with Crippen molar-refractivity contribution < 1.29 is 9.90 Å². The number of carbonyl (C=O) groups is 1. The highest BCUT2D eigenvalue weighted by molar-refractivity contribution is 6.17. The zero-order valence-corrected chi connectivity index (χ0v) is 11.3. The van der Waals surface area contributed by atoms with Crippen molar-refractivity contribution in [3.63, 3.8) is 0 Å². The first kappa shape index (κ1) is 14.3. The van der Waals surface area contributed by atoms with Gasteiger partial charge in [0.15, 0.2) is 0 Å². The summed E-state index contributed by atoms with van der Waals surface area (Å²) in [5.41, 5.74) is 9.37. The Kier molecular flexibility index (Phi) is 4.95. The molecule has 0 aromatic heterocycles. The second-order valence-electron chi connectivity index (χ2n) is 4.58. The van der Waals surface area contributed by atoms with Crippen LogP contribution in [0.15, 0.2) is 23.9 Å². The summed E-state index contributed by atoms with van der Waals surface area (Å²) in [5.74, 6) is -0.944. The normalized spacial score (nSPS) is 12.2. The van der Waals surface area contributed by atoms with Crippen LogP contribution < -0.4 is 5.73 Å². The quantitative estimate of drug-likeness (QED) is 0.785. The number of rotatable bonds is 5. The average molecular weight is 247 g/mol. The van der Waals surface area contributed by atoms with Gasteiger partial charge in [0.05, 0.1) is 5.57 Å². The van der Waals surface area contributed by atoms with E-state index in [2.05, 4.69) is 6.92 Å². The molecule has 98 valence electrons. The summed E-state index contributed by atoms with van der Waals surface area (Å²) in [5, 5.41) is 9.41. The van der Waals surface area contributed by atoms with E-state index in [-0.39, 0.29) is 5.57 Å². The Morgan fingerprint density at radius 3 is 2.28 bits per heavy atom. The summed E-state index contributed by atoms with van der Waals surface area (Å²) in [6.07, 6.45) is 2.54. The van der Waals surface area contributed by atoms with Gasteiger partial charge < -0.3 is 10.8 Å². The molecule has 1 aromatic carbocycles. The molecule has 0 unspecified atom stereocenters. The molecule has 3 nitrogen and oxygen atoms in total. The number of aliphatic carboxylic acids is 1. The summed E-state index contributed by atoms with van der Waals surface area (Å²) in [4.78, 5) is 11.5. The SMILES string of the molecule is CCCC/C(N)=C(/C(=O)O)c1c(C)cccc1C. The average Bonchev–Trinajstić information content (AvgIpc) is 2.30. The lowest BCUT2D eigenvalue weighted by Crippen LogP contribution is -2.12. The fraction of sp³-hybridized carbons (Fsp3) is 0.400. The van der Waals surface area contributed by atoms with Crippen molar-refractivity contribution in [2.75, 3.05) is 0 Å². The fourth-order valence-corrected chi connectivity index (χ4v) is 2.11. The van der Waals surface area contributed by atoms with Crippen molar-refractivity contribution in [1.29, 1.82) is 0 Å². The molecular formula is C15H21NO2. The number of aryl methyl sites for hydroxylation is 2. The molecule has 0 aliphatic heterocycles. The van der Waals surface area contributed by atoms with Gasteiger partial charge in [0.25, 0.3) is 0 Å². The first-order valence-electron chi connectivity index (χ1n) is 6.27. The van der Waals surface area contributed by atoms with Crippen molar-refractivity contribution in [2.45, 2.75) is 40.0 Å². The molecule has 0 atom stereocenters. The molecule has 18 heavy (non-hydrogen) atoms. The summed E-state index contributed by atoms with van der Waals surface area (Å²) >= 11 is 0. The number of hydrogen-bond donors (Lipinski definition) is 2. The third kappa shape index (κ3) is 3.13. The standard InChI is InChI=1S/C15H21NO2/c1-4-5-9-12(16)14(15(17)18)13-10(2)7-6-8-11(13)3/h6-8H,4-5,9,16H2,1-3H3,(H,17,18)/b14-12-. The lowest BCUT2D eigenvalue weighted by molar-refractivity contribution is -0.130. The highest BCUT2D eigenvalue weighted by atomic mass is 16.4. The Balaban J connectivity index is 3.33. The van der Waals surface area contributed by atoms with E-state index < -0.39 is 5.97 Å². The van der Waals surface area contributed by atoms with Gasteiger partial charge in [-0.2, -0.15) is 0 Å². The number of nitrogens with two attached hydrogens (primary N) is 1. The Labute approximate surface area is 108 Å². The van der Waals surface area contributed by atoms with Crippen molar-refractivity contribution in [3.05, 3.63) is 40.6 Å². The Bertz CT molecular complexity index is 455. The van der Waals surface area contributed by atoms with E-state index in [1.165, 1.54) is 0 Å². The van der Waals surface area contributed by atoms with E-state index in [1.54, 1.807) is 0 Å². The minimum atomic E-state index is -0.944. The van der Waals surface area contributed by atoms with Crippen molar-refractivity contribution >= 4 is 11.5 Å². The summed E-state index contributed by atoms with van der Waals surface area (Å²) in [7, 11) is 0. The lowest BCUT2D eigenvalue weighted by atomic mass is 9.93. The van der Waals surface area contributed by atoms with Gasteiger partial charge in [-0.25, -0.2) is 4.79 Å². The van der Waals surface area contributed by atoms with E-state index >= 15 is 0 Å². The van der Waals surface area contributed by atoms with E-state index in [0.717, 1.165) is 29.5 Å². The highest BCUT2D eigenvalue weighted by Crippen LogP contribution is 2.26. The van der Waals surface area contributed by atoms with E-state index in [1.807, 2.05) is 32.0 Å². The largest absolute Gasteiger partial charge is 0.478 e. The van der Waals surface area contributed by atoms with Crippen LogP contribution in [0, 0.1) is 13.8 Å². The molecule has 0 saturated heterocycles. The molecule has 3 heteroatoms. The maximum Gasteiger partial charge on any atom is 0.338 e.